The zero-order chi connectivity index (χ0) is 19.7. The van der Waals surface area contributed by atoms with Gasteiger partial charge in [0, 0.05) is 50.4 Å². The summed E-state index contributed by atoms with van der Waals surface area (Å²) in [5, 5.41) is 0. The molecule has 1 saturated heterocycles. The maximum absolute atomic E-state index is 13.1. The van der Waals surface area contributed by atoms with E-state index in [4.69, 9.17) is 0 Å². The molecule has 1 amide bonds. The van der Waals surface area contributed by atoms with Gasteiger partial charge in [-0.05, 0) is 31.0 Å². The number of carbonyl (C=O) groups is 1. The van der Waals surface area contributed by atoms with E-state index in [1.165, 1.54) is 16.7 Å². The van der Waals surface area contributed by atoms with Gasteiger partial charge in [-0.15, -0.1) is 0 Å². The molecule has 2 aromatic carbocycles. The van der Waals surface area contributed by atoms with Gasteiger partial charge < -0.3 is 4.90 Å². The molecule has 0 spiro atoms. The van der Waals surface area contributed by atoms with Gasteiger partial charge in [-0.3, -0.25) is 14.6 Å². The third-order valence-electron chi connectivity index (χ3n) is 6.44. The predicted molar refractivity (Wildman–Crippen MR) is 115 cm³/mol. The van der Waals surface area contributed by atoms with Crippen molar-refractivity contribution >= 4 is 11.6 Å². The van der Waals surface area contributed by atoms with Crippen LogP contribution >= 0.6 is 0 Å². The number of carbonyl (C=O) groups excluding carboxylic acids is 1. The average molecular weight is 378 g/mol. The van der Waals surface area contributed by atoms with E-state index in [2.05, 4.69) is 73.0 Å². The van der Waals surface area contributed by atoms with E-state index in [-0.39, 0.29) is 11.9 Å². The van der Waals surface area contributed by atoms with Crippen molar-refractivity contribution in [1.29, 1.82) is 0 Å². The largest absolute Gasteiger partial charge is 0.308 e. The maximum atomic E-state index is 13.1. The molecule has 0 aliphatic carbocycles. The summed E-state index contributed by atoms with van der Waals surface area (Å²) in [6.45, 7) is 12.0. The first-order chi connectivity index (χ1) is 13.5. The second-order valence-electron chi connectivity index (χ2n) is 8.39. The predicted octanol–water partition coefficient (Wildman–Crippen LogP) is 3.65. The topological polar surface area (TPSA) is 26.8 Å². The molecule has 2 aliphatic heterocycles. The minimum Gasteiger partial charge on any atom is -0.308 e. The molecule has 28 heavy (non-hydrogen) atoms. The van der Waals surface area contributed by atoms with E-state index in [1.807, 2.05) is 11.0 Å². The molecule has 2 aromatic rings. The molecule has 4 nitrogen and oxygen atoms in total. The molecule has 4 heteroatoms. The lowest BCUT2D eigenvalue weighted by molar-refractivity contribution is -0.120. The molecular formula is C24H31N3O. The van der Waals surface area contributed by atoms with Crippen molar-refractivity contribution in [2.75, 3.05) is 37.6 Å². The summed E-state index contributed by atoms with van der Waals surface area (Å²) in [7, 11) is 0. The summed E-state index contributed by atoms with van der Waals surface area (Å²) in [6, 6.07) is 17.4. The number of amides is 1. The van der Waals surface area contributed by atoms with E-state index in [0.29, 0.717) is 12.5 Å². The lowest BCUT2D eigenvalue weighted by Crippen LogP contribution is -2.50. The Morgan fingerprint density at radius 1 is 0.929 bits per heavy atom. The van der Waals surface area contributed by atoms with E-state index in [0.717, 1.165) is 38.4 Å². The number of hydrogen-bond donors (Lipinski definition) is 0. The van der Waals surface area contributed by atoms with Gasteiger partial charge in [0.1, 0.15) is 0 Å². The fourth-order valence-corrected chi connectivity index (χ4v) is 4.48. The van der Waals surface area contributed by atoms with Gasteiger partial charge in [0.2, 0.25) is 5.91 Å². The van der Waals surface area contributed by atoms with Crippen molar-refractivity contribution in [1.82, 2.24) is 9.80 Å². The maximum Gasteiger partial charge on any atom is 0.241 e. The van der Waals surface area contributed by atoms with Gasteiger partial charge in [-0.2, -0.15) is 0 Å². The summed E-state index contributed by atoms with van der Waals surface area (Å²) in [4.78, 5) is 19.9. The van der Waals surface area contributed by atoms with Crippen molar-refractivity contribution in [3.8, 4) is 0 Å². The van der Waals surface area contributed by atoms with Crippen LogP contribution in [-0.4, -0.2) is 54.5 Å². The minimum absolute atomic E-state index is 0.229. The second kappa shape index (κ2) is 8.06. The van der Waals surface area contributed by atoms with Crippen molar-refractivity contribution in [2.24, 2.45) is 0 Å². The smallest absolute Gasteiger partial charge is 0.241 e. The number of aryl methyl sites for hydroxylation is 1. The van der Waals surface area contributed by atoms with Crippen molar-refractivity contribution in [3.63, 3.8) is 0 Å². The number of para-hydroxylation sites is 1. The number of piperazine rings is 1. The number of rotatable bonds is 4. The molecule has 0 bridgehead atoms. The molecule has 2 heterocycles. The zero-order valence-corrected chi connectivity index (χ0v) is 17.3. The van der Waals surface area contributed by atoms with Gasteiger partial charge in [0.15, 0.2) is 0 Å². The molecule has 1 fully saturated rings. The monoisotopic (exact) mass is 377 g/mol. The first-order valence-corrected chi connectivity index (χ1v) is 10.4. The molecule has 2 aliphatic rings. The Labute approximate surface area is 168 Å². The Bertz CT molecular complexity index is 824. The van der Waals surface area contributed by atoms with Crippen molar-refractivity contribution < 1.29 is 4.79 Å². The van der Waals surface area contributed by atoms with Crippen molar-refractivity contribution in [2.45, 2.75) is 39.3 Å². The van der Waals surface area contributed by atoms with Gasteiger partial charge >= 0.3 is 0 Å². The Morgan fingerprint density at radius 2 is 1.57 bits per heavy atom. The van der Waals surface area contributed by atoms with Gasteiger partial charge in [0.25, 0.3) is 0 Å². The Morgan fingerprint density at radius 3 is 2.29 bits per heavy atom. The van der Waals surface area contributed by atoms with Crippen LogP contribution in [0, 0.1) is 6.92 Å². The molecule has 0 aromatic heterocycles. The Balaban J connectivity index is 1.32. The number of nitrogens with zero attached hydrogens (tertiary/aromatic N) is 3. The van der Waals surface area contributed by atoms with Crippen LogP contribution in [-0.2, 0) is 11.3 Å². The molecular weight excluding hydrogens is 346 g/mol. The lowest BCUT2D eigenvalue weighted by atomic mass is 9.98. The normalized spacial score (nSPS) is 23.0. The molecule has 0 radical (unpaired) electrons. The number of hydrogen-bond acceptors (Lipinski definition) is 3. The van der Waals surface area contributed by atoms with Crippen LogP contribution < -0.4 is 4.90 Å². The molecule has 0 unspecified atom stereocenters. The molecule has 0 saturated carbocycles. The lowest BCUT2D eigenvalue weighted by Gasteiger charge is -2.35. The summed E-state index contributed by atoms with van der Waals surface area (Å²) in [5.41, 5.74) is 5.07. The highest BCUT2D eigenvalue weighted by Crippen LogP contribution is 2.40. The van der Waals surface area contributed by atoms with Crippen LogP contribution in [0.5, 0.6) is 0 Å². The second-order valence-corrected chi connectivity index (χ2v) is 8.39. The zero-order valence-electron chi connectivity index (χ0n) is 17.3. The van der Waals surface area contributed by atoms with E-state index in [1.54, 1.807) is 0 Å². The fraction of sp³-hybridized carbons (Fsp3) is 0.458. The summed E-state index contributed by atoms with van der Waals surface area (Å²) < 4.78 is 0. The minimum atomic E-state index is 0.229. The standard InChI is InChI=1S/C24H31N3O/c1-18-8-10-21(11-9-18)16-25-12-14-26(15-13-25)17-24(28)27-20(3)19(2)22-6-4-5-7-23(22)27/h4-11,19-20H,12-17H2,1-3H3/t19-,20+/m1/s1. The average Bonchev–Trinajstić information content (AvgIpc) is 2.96. The third-order valence-corrected chi connectivity index (χ3v) is 6.44. The van der Waals surface area contributed by atoms with Crippen LogP contribution in [0.25, 0.3) is 0 Å². The molecule has 4 rings (SSSR count). The van der Waals surface area contributed by atoms with Crippen LogP contribution in [0.1, 0.15) is 36.5 Å². The first-order valence-electron chi connectivity index (χ1n) is 10.4. The van der Waals surface area contributed by atoms with Crippen LogP contribution in [0.15, 0.2) is 48.5 Å². The van der Waals surface area contributed by atoms with Gasteiger partial charge in [-0.1, -0.05) is 55.0 Å². The summed E-state index contributed by atoms with van der Waals surface area (Å²) >= 11 is 0. The number of benzene rings is 2. The number of fused-ring (bicyclic) bond motifs is 1. The van der Waals surface area contributed by atoms with Crippen LogP contribution in [0.3, 0.4) is 0 Å². The van der Waals surface area contributed by atoms with Crippen LogP contribution in [0.4, 0.5) is 5.69 Å². The fourth-order valence-electron chi connectivity index (χ4n) is 4.48. The highest BCUT2D eigenvalue weighted by atomic mass is 16.2. The SMILES string of the molecule is Cc1ccc(CN2CCN(CC(=O)N3c4ccccc4[C@H](C)[C@@H]3C)CC2)cc1. The van der Waals surface area contributed by atoms with Gasteiger partial charge in [-0.25, -0.2) is 0 Å². The summed E-state index contributed by atoms with van der Waals surface area (Å²) in [6.07, 6.45) is 0. The van der Waals surface area contributed by atoms with Gasteiger partial charge in [0.05, 0.1) is 6.54 Å². The Hall–Kier alpha value is -2.17. The molecule has 148 valence electrons. The molecule has 0 N–H and O–H groups in total. The quantitative estimate of drug-likeness (QED) is 0.814. The highest BCUT2D eigenvalue weighted by molar-refractivity contribution is 5.97. The third kappa shape index (κ3) is 3.85. The van der Waals surface area contributed by atoms with Crippen molar-refractivity contribution in [3.05, 3.63) is 65.2 Å². The van der Waals surface area contributed by atoms with E-state index < -0.39 is 0 Å². The van der Waals surface area contributed by atoms with Crippen LogP contribution in [0.2, 0.25) is 0 Å². The Kier molecular flexibility index (Phi) is 5.51. The summed E-state index contributed by atoms with van der Waals surface area (Å²) in [5.74, 6) is 0.628. The van der Waals surface area contributed by atoms with E-state index >= 15 is 0 Å². The van der Waals surface area contributed by atoms with E-state index in [9.17, 15) is 4.79 Å². The first kappa shape index (κ1) is 19.2. The molecule has 2 atom stereocenters. The number of anilines is 1. The highest BCUT2D eigenvalue weighted by Gasteiger charge is 2.36.